The van der Waals surface area contributed by atoms with E-state index in [0.29, 0.717) is 17.8 Å². The predicted molar refractivity (Wildman–Crippen MR) is 69.2 cm³/mol. The second-order valence-electron chi connectivity index (χ2n) is 4.54. The van der Waals surface area contributed by atoms with Gasteiger partial charge in [-0.05, 0) is 25.1 Å². The smallest absolute Gasteiger partial charge is 0.101 e. The second-order valence-corrected chi connectivity index (χ2v) is 4.54. The van der Waals surface area contributed by atoms with Crippen molar-refractivity contribution in [1.29, 1.82) is 5.26 Å². The predicted octanol–water partition coefficient (Wildman–Crippen LogP) is 0.726. The van der Waals surface area contributed by atoms with Crippen LogP contribution in [0.25, 0.3) is 0 Å². The highest BCUT2D eigenvalue weighted by molar-refractivity contribution is 5.63. The molecule has 0 bridgehead atoms. The maximum atomic E-state index is 9.19. The molecular formula is C13H17N3O2. The zero-order chi connectivity index (χ0) is 13.1. The summed E-state index contributed by atoms with van der Waals surface area (Å²) in [6, 6.07) is 7.49. The molecule has 0 spiro atoms. The standard InChI is InChI=1S/C13H17N3O2/c1-9-6-16(7-12(8-17)18-9)11-2-3-13(15)10(4-11)5-14/h2-4,9,12,17H,6-8,15H2,1H3. The highest BCUT2D eigenvalue weighted by atomic mass is 16.5. The number of aliphatic hydroxyl groups is 1. The minimum atomic E-state index is -0.183. The van der Waals surface area contributed by atoms with Gasteiger partial charge < -0.3 is 20.5 Å². The van der Waals surface area contributed by atoms with Gasteiger partial charge in [0.25, 0.3) is 0 Å². The number of anilines is 2. The van der Waals surface area contributed by atoms with E-state index in [1.807, 2.05) is 13.0 Å². The molecule has 0 saturated carbocycles. The number of nitriles is 1. The van der Waals surface area contributed by atoms with Crippen molar-refractivity contribution in [3.63, 3.8) is 0 Å². The molecule has 2 unspecified atom stereocenters. The van der Waals surface area contributed by atoms with Crippen molar-refractivity contribution in [2.75, 3.05) is 30.3 Å². The van der Waals surface area contributed by atoms with Crippen LogP contribution in [0.1, 0.15) is 12.5 Å². The van der Waals surface area contributed by atoms with Gasteiger partial charge in [0.2, 0.25) is 0 Å². The molecule has 5 nitrogen and oxygen atoms in total. The molecule has 1 heterocycles. The van der Waals surface area contributed by atoms with E-state index < -0.39 is 0 Å². The quantitative estimate of drug-likeness (QED) is 0.753. The largest absolute Gasteiger partial charge is 0.398 e. The Morgan fingerprint density at radius 2 is 2.33 bits per heavy atom. The molecule has 96 valence electrons. The maximum absolute atomic E-state index is 9.19. The van der Waals surface area contributed by atoms with Crippen molar-refractivity contribution in [3.8, 4) is 6.07 Å². The van der Waals surface area contributed by atoms with Gasteiger partial charge in [0.05, 0.1) is 24.4 Å². The number of aliphatic hydroxyl groups excluding tert-OH is 1. The average Bonchev–Trinajstić information content (AvgIpc) is 2.38. The van der Waals surface area contributed by atoms with Crippen LogP contribution in [-0.4, -0.2) is 37.0 Å². The first-order valence-corrected chi connectivity index (χ1v) is 5.95. The zero-order valence-electron chi connectivity index (χ0n) is 10.3. The molecule has 2 rings (SSSR count). The Bertz CT molecular complexity index is 470. The van der Waals surface area contributed by atoms with Gasteiger partial charge in [-0.15, -0.1) is 0 Å². The van der Waals surface area contributed by atoms with Crippen LogP contribution < -0.4 is 10.6 Å². The van der Waals surface area contributed by atoms with Crippen LogP contribution in [0.15, 0.2) is 18.2 Å². The summed E-state index contributed by atoms with van der Waals surface area (Å²) in [5, 5.41) is 18.2. The van der Waals surface area contributed by atoms with Crippen molar-refractivity contribution < 1.29 is 9.84 Å². The molecule has 1 fully saturated rings. The number of hydrogen-bond donors (Lipinski definition) is 2. The molecule has 1 aliphatic rings. The van der Waals surface area contributed by atoms with Crippen LogP contribution in [0, 0.1) is 11.3 Å². The van der Waals surface area contributed by atoms with Crippen molar-refractivity contribution in [2.24, 2.45) is 0 Å². The van der Waals surface area contributed by atoms with Gasteiger partial charge in [-0.1, -0.05) is 0 Å². The minimum Gasteiger partial charge on any atom is -0.398 e. The number of morpholine rings is 1. The van der Waals surface area contributed by atoms with E-state index in [2.05, 4.69) is 11.0 Å². The number of nitrogen functional groups attached to an aromatic ring is 1. The topological polar surface area (TPSA) is 82.5 Å². The summed E-state index contributed by atoms with van der Waals surface area (Å²) in [4.78, 5) is 2.11. The Morgan fingerprint density at radius 3 is 3.00 bits per heavy atom. The molecule has 1 saturated heterocycles. The summed E-state index contributed by atoms with van der Waals surface area (Å²) in [7, 11) is 0. The van der Waals surface area contributed by atoms with Gasteiger partial charge in [-0.25, -0.2) is 0 Å². The first kappa shape index (κ1) is 12.7. The third-order valence-electron chi connectivity index (χ3n) is 3.05. The molecule has 0 aliphatic carbocycles. The summed E-state index contributed by atoms with van der Waals surface area (Å²) < 4.78 is 5.59. The first-order chi connectivity index (χ1) is 8.63. The molecule has 1 aromatic carbocycles. The summed E-state index contributed by atoms with van der Waals surface area (Å²) in [6.45, 7) is 3.33. The van der Waals surface area contributed by atoms with Gasteiger partial charge >= 0.3 is 0 Å². The molecule has 1 aliphatic heterocycles. The van der Waals surface area contributed by atoms with Crippen LogP contribution in [0.5, 0.6) is 0 Å². The van der Waals surface area contributed by atoms with Crippen molar-refractivity contribution in [1.82, 2.24) is 0 Å². The maximum Gasteiger partial charge on any atom is 0.101 e. The summed E-state index contributed by atoms with van der Waals surface area (Å²) in [5.74, 6) is 0. The molecule has 2 atom stereocenters. The minimum absolute atomic E-state index is 0.000912. The lowest BCUT2D eigenvalue weighted by Crippen LogP contribution is -2.48. The molecule has 1 aromatic rings. The third kappa shape index (κ3) is 2.55. The molecular weight excluding hydrogens is 230 g/mol. The van der Waals surface area contributed by atoms with Gasteiger partial charge in [0, 0.05) is 24.5 Å². The number of rotatable bonds is 2. The fourth-order valence-corrected chi connectivity index (χ4v) is 2.19. The summed E-state index contributed by atoms with van der Waals surface area (Å²) in [6.07, 6.45) is -0.129. The number of nitrogens with zero attached hydrogens (tertiary/aromatic N) is 2. The molecule has 0 aromatic heterocycles. The van der Waals surface area contributed by atoms with Gasteiger partial charge in [0.1, 0.15) is 6.07 Å². The van der Waals surface area contributed by atoms with Gasteiger partial charge in [-0.3, -0.25) is 0 Å². The van der Waals surface area contributed by atoms with Crippen LogP contribution in [0.4, 0.5) is 11.4 Å². The Morgan fingerprint density at radius 1 is 1.56 bits per heavy atom. The molecule has 0 radical (unpaired) electrons. The normalized spacial score (nSPS) is 23.7. The number of hydrogen-bond acceptors (Lipinski definition) is 5. The van der Waals surface area contributed by atoms with E-state index in [4.69, 9.17) is 15.7 Å². The monoisotopic (exact) mass is 247 g/mol. The van der Waals surface area contributed by atoms with Crippen molar-refractivity contribution >= 4 is 11.4 Å². The van der Waals surface area contributed by atoms with Crippen LogP contribution in [-0.2, 0) is 4.74 Å². The highest BCUT2D eigenvalue weighted by Crippen LogP contribution is 2.24. The van der Waals surface area contributed by atoms with E-state index in [1.54, 1.807) is 12.1 Å². The number of benzene rings is 1. The van der Waals surface area contributed by atoms with Gasteiger partial charge in [-0.2, -0.15) is 5.26 Å². The van der Waals surface area contributed by atoms with E-state index >= 15 is 0 Å². The highest BCUT2D eigenvalue weighted by Gasteiger charge is 2.25. The molecule has 3 N–H and O–H groups in total. The SMILES string of the molecule is CC1CN(c2ccc(N)c(C#N)c2)CC(CO)O1. The Balaban J connectivity index is 2.23. The van der Waals surface area contributed by atoms with Crippen LogP contribution in [0.3, 0.4) is 0 Å². The Kier molecular flexibility index (Phi) is 3.70. The van der Waals surface area contributed by atoms with Gasteiger partial charge in [0.15, 0.2) is 0 Å². The van der Waals surface area contributed by atoms with Crippen molar-refractivity contribution in [2.45, 2.75) is 19.1 Å². The van der Waals surface area contributed by atoms with E-state index in [1.165, 1.54) is 0 Å². The Labute approximate surface area is 106 Å². The summed E-state index contributed by atoms with van der Waals surface area (Å²) in [5.41, 5.74) is 7.61. The molecule has 5 heteroatoms. The van der Waals surface area contributed by atoms with Crippen molar-refractivity contribution in [3.05, 3.63) is 23.8 Å². The first-order valence-electron chi connectivity index (χ1n) is 5.95. The molecule has 0 amide bonds. The fourth-order valence-electron chi connectivity index (χ4n) is 2.19. The lowest BCUT2D eigenvalue weighted by Gasteiger charge is -2.37. The second kappa shape index (κ2) is 5.25. The van der Waals surface area contributed by atoms with Crippen LogP contribution in [0.2, 0.25) is 0 Å². The van der Waals surface area contributed by atoms with E-state index in [9.17, 15) is 5.11 Å². The number of ether oxygens (including phenoxy) is 1. The fraction of sp³-hybridized carbons (Fsp3) is 0.462. The van der Waals surface area contributed by atoms with E-state index in [-0.39, 0.29) is 18.8 Å². The lowest BCUT2D eigenvalue weighted by atomic mass is 10.1. The molecule has 18 heavy (non-hydrogen) atoms. The number of nitrogens with two attached hydrogens (primary N) is 1. The lowest BCUT2D eigenvalue weighted by molar-refractivity contribution is -0.0421. The zero-order valence-corrected chi connectivity index (χ0v) is 10.3. The third-order valence-corrected chi connectivity index (χ3v) is 3.05. The van der Waals surface area contributed by atoms with Crippen LogP contribution >= 0.6 is 0 Å². The summed E-state index contributed by atoms with van der Waals surface area (Å²) >= 11 is 0. The van der Waals surface area contributed by atoms with E-state index in [0.717, 1.165) is 12.2 Å². The Hall–Kier alpha value is -1.77. The average molecular weight is 247 g/mol.